The molecular weight excluding hydrogens is 383 g/mol. The molecule has 0 bridgehead atoms. The van der Waals surface area contributed by atoms with Crippen LogP contribution in [0.15, 0.2) is 78.9 Å². The molecule has 2 aliphatic rings. The quantitative estimate of drug-likeness (QED) is 0.617. The summed E-state index contributed by atoms with van der Waals surface area (Å²) in [6.45, 7) is 1.86. The number of rotatable bonds is 3. The summed E-state index contributed by atoms with van der Waals surface area (Å²) in [5.74, 6) is -1.80. The minimum absolute atomic E-state index is 0.313. The van der Waals surface area contributed by atoms with Crippen molar-refractivity contribution >= 4 is 23.2 Å². The second-order valence-corrected chi connectivity index (χ2v) is 7.51. The molecule has 0 aliphatic carbocycles. The van der Waals surface area contributed by atoms with Crippen molar-refractivity contribution in [1.82, 2.24) is 0 Å². The molecule has 2 fully saturated rings. The van der Waals surface area contributed by atoms with E-state index in [0.29, 0.717) is 11.3 Å². The Bertz CT molecular complexity index is 1120. The summed E-state index contributed by atoms with van der Waals surface area (Å²) in [6, 6.07) is 22.0. The summed E-state index contributed by atoms with van der Waals surface area (Å²) in [6.07, 6.45) is -0.938. The van der Waals surface area contributed by atoms with Gasteiger partial charge in [-0.2, -0.15) is 0 Å². The molecule has 0 radical (unpaired) electrons. The minimum atomic E-state index is -0.938. The molecule has 3 aromatic carbocycles. The van der Waals surface area contributed by atoms with Gasteiger partial charge in [0.15, 0.2) is 6.10 Å². The van der Waals surface area contributed by atoms with Crippen molar-refractivity contribution in [2.24, 2.45) is 5.92 Å². The normalized spacial score (nSPS) is 23.2. The Kier molecular flexibility index (Phi) is 4.37. The topological polar surface area (TPSA) is 49.9 Å². The Labute approximate surface area is 173 Å². The lowest BCUT2D eigenvalue weighted by atomic mass is 9.90. The third kappa shape index (κ3) is 2.80. The van der Waals surface area contributed by atoms with Crippen LogP contribution in [0.1, 0.15) is 17.2 Å². The van der Waals surface area contributed by atoms with E-state index in [1.165, 1.54) is 17.0 Å². The first kappa shape index (κ1) is 18.5. The molecule has 0 spiro atoms. The first-order valence-corrected chi connectivity index (χ1v) is 9.76. The number of imide groups is 1. The van der Waals surface area contributed by atoms with Crippen molar-refractivity contribution in [3.05, 3.63) is 95.8 Å². The van der Waals surface area contributed by atoms with Crippen LogP contribution in [0.5, 0.6) is 0 Å². The molecule has 2 amide bonds. The fraction of sp³-hybridized carbons (Fsp3) is 0.167. The van der Waals surface area contributed by atoms with Crippen LogP contribution in [0, 0.1) is 18.7 Å². The smallest absolute Gasteiger partial charge is 0.266 e. The minimum Gasteiger partial charge on any atom is -0.273 e. The number of fused-ring (bicyclic) bond motifs is 1. The van der Waals surface area contributed by atoms with Crippen molar-refractivity contribution < 1.29 is 18.8 Å². The highest BCUT2D eigenvalue weighted by atomic mass is 19.1. The predicted octanol–water partition coefficient (Wildman–Crippen LogP) is 4.19. The zero-order chi connectivity index (χ0) is 20.8. The number of hydrogen-bond donors (Lipinski definition) is 0. The summed E-state index contributed by atoms with van der Waals surface area (Å²) < 4.78 is 13.6. The average molecular weight is 402 g/mol. The van der Waals surface area contributed by atoms with Gasteiger partial charge < -0.3 is 0 Å². The number of carbonyl (C=O) groups excluding carboxylic acids is 2. The van der Waals surface area contributed by atoms with E-state index < -0.39 is 18.1 Å². The van der Waals surface area contributed by atoms with E-state index in [4.69, 9.17) is 4.84 Å². The lowest BCUT2D eigenvalue weighted by molar-refractivity contribution is -0.126. The number of carbonyl (C=O) groups is 2. The van der Waals surface area contributed by atoms with Gasteiger partial charge in [-0.05, 0) is 48.4 Å². The van der Waals surface area contributed by atoms with Crippen molar-refractivity contribution in [1.29, 1.82) is 0 Å². The summed E-state index contributed by atoms with van der Waals surface area (Å²) >= 11 is 0. The van der Waals surface area contributed by atoms with Gasteiger partial charge in [0.25, 0.3) is 5.91 Å². The van der Waals surface area contributed by atoms with Gasteiger partial charge in [0.2, 0.25) is 5.91 Å². The predicted molar refractivity (Wildman–Crippen MR) is 110 cm³/mol. The Morgan fingerprint density at radius 2 is 1.50 bits per heavy atom. The maximum absolute atomic E-state index is 13.6. The second kappa shape index (κ2) is 7.07. The Hall–Kier alpha value is -3.51. The SMILES string of the molecule is Cc1ccccc1N1C(=O)[C@@H]2[C@H](ON(c3ccccc3)[C@H]2c2ccc(F)cc2)C1=O. The number of benzene rings is 3. The molecule has 6 heteroatoms. The van der Waals surface area contributed by atoms with E-state index in [0.717, 1.165) is 11.3 Å². The molecule has 2 heterocycles. The van der Waals surface area contributed by atoms with Crippen LogP contribution in [0.2, 0.25) is 0 Å². The van der Waals surface area contributed by atoms with E-state index in [-0.39, 0.29) is 17.6 Å². The molecule has 3 atom stereocenters. The molecule has 0 unspecified atom stereocenters. The molecular formula is C24H19FN2O3. The highest BCUT2D eigenvalue weighted by Gasteiger charge is 2.60. The molecule has 0 aromatic heterocycles. The van der Waals surface area contributed by atoms with E-state index in [2.05, 4.69) is 0 Å². The third-order valence-corrected chi connectivity index (χ3v) is 5.69. The monoisotopic (exact) mass is 402 g/mol. The largest absolute Gasteiger partial charge is 0.273 e. The first-order chi connectivity index (χ1) is 14.6. The lowest BCUT2D eigenvalue weighted by Crippen LogP contribution is -2.37. The number of amides is 2. The molecule has 3 aromatic rings. The van der Waals surface area contributed by atoms with Gasteiger partial charge in [-0.1, -0.05) is 48.5 Å². The maximum atomic E-state index is 13.6. The van der Waals surface area contributed by atoms with Crippen molar-refractivity contribution in [2.45, 2.75) is 19.1 Å². The van der Waals surface area contributed by atoms with Gasteiger partial charge in [0.1, 0.15) is 11.7 Å². The molecule has 5 nitrogen and oxygen atoms in total. The average Bonchev–Trinajstić information content (AvgIpc) is 3.26. The highest BCUT2D eigenvalue weighted by Crippen LogP contribution is 2.47. The van der Waals surface area contributed by atoms with Gasteiger partial charge in [0.05, 0.1) is 17.4 Å². The van der Waals surface area contributed by atoms with E-state index >= 15 is 0 Å². The van der Waals surface area contributed by atoms with Crippen LogP contribution in [0.25, 0.3) is 0 Å². The zero-order valence-corrected chi connectivity index (χ0v) is 16.2. The number of hydrogen-bond acceptors (Lipinski definition) is 4. The van der Waals surface area contributed by atoms with E-state index in [1.54, 1.807) is 29.3 Å². The van der Waals surface area contributed by atoms with Crippen LogP contribution in [0.3, 0.4) is 0 Å². The lowest BCUT2D eigenvalue weighted by Gasteiger charge is -2.29. The maximum Gasteiger partial charge on any atom is 0.266 e. The van der Waals surface area contributed by atoms with Gasteiger partial charge in [-0.25, -0.2) is 14.4 Å². The molecule has 0 saturated carbocycles. The fourth-order valence-electron chi connectivity index (χ4n) is 4.26. The molecule has 0 N–H and O–H groups in total. The van der Waals surface area contributed by atoms with Gasteiger partial charge in [-0.15, -0.1) is 0 Å². The van der Waals surface area contributed by atoms with Crippen LogP contribution in [0.4, 0.5) is 15.8 Å². The van der Waals surface area contributed by atoms with E-state index in [1.807, 2.05) is 49.4 Å². The van der Waals surface area contributed by atoms with Crippen LogP contribution < -0.4 is 9.96 Å². The molecule has 5 rings (SSSR count). The van der Waals surface area contributed by atoms with Gasteiger partial charge in [0, 0.05) is 0 Å². The van der Waals surface area contributed by atoms with E-state index in [9.17, 15) is 14.0 Å². The number of halogens is 1. The molecule has 2 aliphatic heterocycles. The number of aryl methyl sites for hydroxylation is 1. The van der Waals surface area contributed by atoms with Crippen molar-refractivity contribution in [2.75, 3.05) is 9.96 Å². The first-order valence-electron chi connectivity index (χ1n) is 9.76. The molecule has 150 valence electrons. The number of anilines is 2. The number of hydroxylamine groups is 1. The third-order valence-electron chi connectivity index (χ3n) is 5.69. The Balaban J connectivity index is 1.60. The van der Waals surface area contributed by atoms with Crippen LogP contribution in [-0.2, 0) is 14.4 Å². The number of nitrogens with zero attached hydrogens (tertiary/aromatic N) is 2. The second-order valence-electron chi connectivity index (χ2n) is 7.51. The zero-order valence-electron chi connectivity index (χ0n) is 16.2. The van der Waals surface area contributed by atoms with Crippen LogP contribution >= 0.6 is 0 Å². The van der Waals surface area contributed by atoms with Crippen molar-refractivity contribution in [3.63, 3.8) is 0 Å². The number of para-hydroxylation sites is 2. The Morgan fingerprint density at radius 1 is 0.833 bits per heavy atom. The molecule has 30 heavy (non-hydrogen) atoms. The van der Waals surface area contributed by atoms with Gasteiger partial charge >= 0.3 is 0 Å². The standard InChI is InChI=1S/C24H19FN2O3/c1-15-7-5-6-10-19(15)26-23(28)20-21(16-11-13-17(25)14-12-16)27(30-22(20)24(26)29)18-8-3-2-4-9-18/h2-14,20-22H,1H3/t20-,21-,22-/m0/s1. The summed E-state index contributed by atoms with van der Waals surface area (Å²) in [7, 11) is 0. The summed E-state index contributed by atoms with van der Waals surface area (Å²) in [4.78, 5) is 34.0. The fourth-order valence-corrected chi connectivity index (χ4v) is 4.26. The van der Waals surface area contributed by atoms with Crippen LogP contribution in [-0.4, -0.2) is 17.9 Å². The van der Waals surface area contributed by atoms with Crippen molar-refractivity contribution in [3.8, 4) is 0 Å². The van der Waals surface area contributed by atoms with Gasteiger partial charge in [-0.3, -0.25) is 14.4 Å². The Morgan fingerprint density at radius 3 is 2.20 bits per heavy atom. The summed E-state index contributed by atoms with van der Waals surface area (Å²) in [5.41, 5.74) is 2.83. The summed E-state index contributed by atoms with van der Waals surface area (Å²) in [5, 5.41) is 1.60. The molecule has 2 saturated heterocycles. The highest BCUT2D eigenvalue weighted by molar-refractivity contribution is 6.24.